The molecular weight excluding hydrogens is 382 g/mol. The molecule has 28 heavy (non-hydrogen) atoms. The van der Waals surface area contributed by atoms with Gasteiger partial charge in [0.1, 0.15) is 11.9 Å². The number of hydrogen-bond acceptors (Lipinski definition) is 4. The summed E-state index contributed by atoms with van der Waals surface area (Å²) in [5.74, 6) is -2.49. The van der Waals surface area contributed by atoms with Crippen molar-refractivity contribution in [3.8, 4) is 0 Å². The Morgan fingerprint density at radius 1 is 1.11 bits per heavy atom. The number of ether oxygens (including phenoxy) is 1. The smallest absolute Gasteiger partial charge is 0.416 e. The maximum absolute atomic E-state index is 13.8. The minimum absolute atomic E-state index is 0.0972. The van der Waals surface area contributed by atoms with Crippen LogP contribution >= 0.6 is 0 Å². The van der Waals surface area contributed by atoms with Crippen LogP contribution in [0.1, 0.15) is 22.8 Å². The quantitative estimate of drug-likeness (QED) is 0.579. The molecule has 2 aromatic rings. The van der Waals surface area contributed by atoms with E-state index in [4.69, 9.17) is 0 Å². The summed E-state index contributed by atoms with van der Waals surface area (Å²) >= 11 is 0. The number of esters is 1. The van der Waals surface area contributed by atoms with Gasteiger partial charge in [-0.3, -0.25) is 4.79 Å². The summed E-state index contributed by atoms with van der Waals surface area (Å²) < 4.78 is 56.2. The number of halogens is 4. The van der Waals surface area contributed by atoms with E-state index in [1.54, 1.807) is 6.07 Å². The van der Waals surface area contributed by atoms with Crippen LogP contribution in [0, 0.1) is 5.82 Å². The third-order valence-electron chi connectivity index (χ3n) is 3.99. The summed E-state index contributed by atoms with van der Waals surface area (Å²) in [7, 11) is 1.08. The molecule has 0 heterocycles. The van der Waals surface area contributed by atoms with E-state index in [9.17, 15) is 32.3 Å². The second-order valence-corrected chi connectivity index (χ2v) is 5.90. The van der Waals surface area contributed by atoms with Gasteiger partial charge in [-0.05, 0) is 29.3 Å². The molecule has 2 N–H and O–H groups in total. The van der Waals surface area contributed by atoms with Crippen molar-refractivity contribution in [3.63, 3.8) is 0 Å². The highest BCUT2D eigenvalue weighted by molar-refractivity contribution is 5.87. The average molecular weight is 399 g/mol. The van der Waals surface area contributed by atoms with Crippen LogP contribution < -0.4 is 5.32 Å². The second-order valence-electron chi connectivity index (χ2n) is 5.90. The predicted molar refractivity (Wildman–Crippen MR) is 90.5 cm³/mol. The Balaban J connectivity index is 2.14. The highest BCUT2D eigenvalue weighted by Gasteiger charge is 2.31. The number of carbonyl (C=O) groups excluding carboxylic acids is 2. The number of methoxy groups -OCH3 is 1. The molecule has 2 atom stereocenters. The molecular formula is C19H17F4NO4. The van der Waals surface area contributed by atoms with Crippen LogP contribution in [0.25, 0.3) is 0 Å². The van der Waals surface area contributed by atoms with Crippen molar-refractivity contribution in [2.75, 3.05) is 7.11 Å². The molecule has 5 nitrogen and oxygen atoms in total. The summed E-state index contributed by atoms with van der Waals surface area (Å²) in [6.07, 6.45) is -6.61. The highest BCUT2D eigenvalue weighted by Crippen LogP contribution is 2.30. The summed E-state index contributed by atoms with van der Waals surface area (Å²) in [5, 5.41) is 12.3. The van der Waals surface area contributed by atoms with Gasteiger partial charge in [-0.15, -0.1) is 0 Å². The molecule has 0 spiro atoms. The third kappa shape index (κ3) is 5.29. The topological polar surface area (TPSA) is 75.6 Å². The van der Waals surface area contributed by atoms with Crippen LogP contribution in [0.2, 0.25) is 0 Å². The molecule has 0 bridgehead atoms. The van der Waals surface area contributed by atoms with E-state index in [0.29, 0.717) is 0 Å². The average Bonchev–Trinajstić information content (AvgIpc) is 2.67. The molecule has 2 aromatic carbocycles. The van der Waals surface area contributed by atoms with Gasteiger partial charge < -0.3 is 15.2 Å². The van der Waals surface area contributed by atoms with Crippen LogP contribution in [0.15, 0.2) is 48.5 Å². The Hall–Kier alpha value is -2.94. The lowest BCUT2D eigenvalue weighted by atomic mass is 10.0. The van der Waals surface area contributed by atoms with Crippen LogP contribution in [-0.2, 0) is 26.9 Å². The number of aliphatic hydroxyl groups excluding tert-OH is 1. The largest absolute Gasteiger partial charge is 0.467 e. The molecule has 0 saturated heterocycles. The number of alkyl halides is 3. The molecule has 2 rings (SSSR count). The number of aliphatic hydroxyl groups is 1. The predicted octanol–water partition coefficient (Wildman–Crippen LogP) is 2.78. The van der Waals surface area contributed by atoms with Crippen LogP contribution in [0.4, 0.5) is 17.6 Å². The number of hydrogen-bond donors (Lipinski definition) is 2. The van der Waals surface area contributed by atoms with Gasteiger partial charge in [0.25, 0.3) is 5.91 Å². The lowest BCUT2D eigenvalue weighted by Gasteiger charge is -2.19. The van der Waals surface area contributed by atoms with Crippen LogP contribution in [-0.4, -0.2) is 30.1 Å². The molecule has 0 aliphatic heterocycles. The Bertz CT molecular complexity index is 837. The molecule has 150 valence electrons. The SMILES string of the molecule is COC(=O)[C@H](Cc1ccccc1F)NC(=O)[C@H](O)c1ccc(C(F)(F)F)cc1. The van der Waals surface area contributed by atoms with Crippen molar-refractivity contribution in [2.24, 2.45) is 0 Å². The number of amides is 1. The first-order valence-corrected chi connectivity index (χ1v) is 8.10. The molecule has 0 unspecified atom stereocenters. The number of rotatable bonds is 6. The molecule has 0 aliphatic carbocycles. The van der Waals surface area contributed by atoms with E-state index >= 15 is 0 Å². The van der Waals surface area contributed by atoms with E-state index in [1.165, 1.54) is 18.2 Å². The Kier molecular flexibility index (Phi) is 6.74. The molecule has 0 saturated carbocycles. The van der Waals surface area contributed by atoms with E-state index in [2.05, 4.69) is 10.1 Å². The first-order chi connectivity index (χ1) is 13.1. The maximum atomic E-state index is 13.8. The van der Waals surface area contributed by atoms with Crippen molar-refractivity contribution in [2.45, 2.75) is 24.7 Å². The van der Waals surface area contributed by atoms with E-state index in [0.717, 1.165) is 31.4 Å². The second kappa shape index (κ2) is 8.83. The number of benzene rings is 2. The maximum Gasteiger partial charge on any atom is 0.416 e. The van der Waals surface area contributed by atoms with Gasteiger partial charge in [-0.25, -0.2) is 9.18 Å². The zero-order valence-corrected chi connectivity index (χ0v) is 14.7. The van der Waals surface area contributed by atoms with Gasteiger partial charge in [0.2, 0.25) is 0 Å². The minimum Gasteiger partial charge on any atom is -0.467 e. The van der Waals surface area contributed by atoms with Crippen molar-refractivity contribution >= 4 is 11.9 Å². The Morgan fingerprint density at radius 2 is 1.71 bits per heavy atom. The molecule has 0 fully saturated rings. The zero-order valence-electron chi connectivity index (χ0n) is 14.7. The van der Waals surface area contributed by atoms with Crippen molar-refractivity contribution < 1.29 is 37.0 Å². The Labute approximate surface area is 157 Å². The zero-order chi connectivity index (χ0) is 20.9. The van der Waals surface area contributed by atoms with E-state index in [-0.39, 0.29) is 17.5 Å². The molecule has 0 aromatic heterocycles. The molecule has 9 heteroatoms. The fourth-order valence-corrected chi connectivity index (χ4v) is 2.48. The monoisotopic (exact) mass is 399 g/mol. The fourth-order valence-electron chi connectivity index (χ4n) is 2.48. The lowest BCUT2D eigenvalue weighted by Crippen LogP contribution is -2.45. The summed E-state index contributed by atoms with van der Waals surface area (Å²) in [6.45, 7) is 0. The first kappa shape index (κ1) is 21.4. The Morgan fingerprint density at radius 3 is 2.25 bits per heavy atom. The van der Waals surface area contributed by atoms with E-state index in [1.807, 2.05) is 0 Å². The fraction of sp³-hybridized carbons (Fsp3) is 0.263. The minimum atomic E-state index is -4.55. The van der Waals surface area contributed by atoms with Crippen molar-refractivity contribution in [3.05, 3.63) is 71.0 Å². The molecule has 0 aliphatic rings. The van der Waals surface area contributed by atoms with Gasteiger partial charge in [0, 0.05) is 6.42 Å². The molecule has 0 radical (unpaired) electrons. The van der Waals surface area contributed by atoms with E-state index < -0.39 is 41.6 Å². The normalized spacial score (nSPS) is 13.5. The van der Waals surface area contributed by atoms with Gasteiger partial charge in [-0.1, -0.05) is 30.3 Å². The van der Waals surface area contributed by atoms with Crippen molar-refractivity contribution in [1.82, 2.24) is 5.32 Å². The van der Waals surface area contributed by atoms with Crippen LogP contribution in [0.5, 0.6) is 0 Å². The van der Waals surface area contributed by atoms with Gasteiger partial charge in [-0.2, -0.15) is 13.2 Å². The lowest BCUT2D eigenvalue weighted by molar-refractivity contribution is -0.146. The standard InChI is InChI=1S/C19H17F4NO4/c1-28-18(27)15(10-12-4-2-3-5-14(12)20)24-17(26)16(25)11-6-8-13(9-7-11)19(21,22)23/h2-9,15-16,25H,10H2,1H3,(H,24,26)/t15-,16+/m0/s1. The van der Waals surface area contributed by atoms with Gasteiger partial charge >= 0.3 is 12.1 Å². The highest BCUT2D eigenvalue weighted by atomic mass is 19.4. The van der Waals surface area contributed by atoms with Gasteiger partial charge in [0.05, 0.1) is 12.7 Å². The first-order valence-electron chi connectivity index (χ1n) is 8.10. The van der Waals surface area contributed by atoms with Crippen molar-refractivity contribution in [1.29, 1.82) is 0 Å². The number of carbonyl (C=O) groups is 2. The van der Waals surface area contributed by atoms with Crippen LogP contribution in [0.3, 0.4) is 0 Å². The summed E-state index contributed by atoms with van der Waals surface area (Å²) in [6, 6.07) is 7.68. The third-order valence-corrected chi connectivity index (χ3v) is 3.99. The summed E-state index contributed by atoms with van der Waals surface area (Å²) in [5.41, 5.74) is -0.891. The van der Waals surface area contributed by atoms with Gasteiger partial charge in [0.15, 0.2) is 6.10 Å². The summed E-state index contributed by atoms with van der Waals surface area (Å²) in [4.78, 5) is 24.2. The number of nitrogens with one attached hydrogen (secondary N) is 1. The molecule has 1 amide bonds.